The average molecular weight is 281 g/mol. The molecule has 3 rings (SSSR count). The van der Waals surface area contributed by atoms with Crippen molar-refractivity contribution in [1.82, 2.24) is 10.2 Å². The molecule has 0 aliphatic carbocycles. The highest BCUT2D eigenvalue weighted by Gasteiger charge is 2.36. The highest BCUT2D eigenvalue weighted by molar-refractivity contribution is 5.92. The molecule has 6 heteroatoms. The van der Waals surface area contributed by atoms with E-state index in [-0.39, 0.29) is 18.1 Å². The minimum Gasteiger partial charge on any atom is -0.325 e. The maximum Gasteiger partial charge on any atom is 0.238 e. The number of amides is 1. The van der Waals surface area contributed by atoms with Gasteiger partial charge in [-0.2, -0.15) is 0 Å². The first kappa shape index (κ1) is 13.5. The minimum atomic E-state index is -0.693. The summed E-state index contributed by atoms with van der Waals surface area (Å²) in [5.41, 5.74) is 0.161. The first-order valence-corrected chi connectivity index (χ1v) is 6.79. The second-order valence-corrected chi connectivity index (χ2v) is 5.58. The molecule has 2 N–H and O–H groups in total. The Labute approximate surface area is 116 Å². The molecule has 2 aliphatic rings. The molecule has 0 saturated carbocycles. The van der Waals surface area contributed by atoms with Crippen LogP contribution in [0, 0.1) is 23.5 Å². The zero-order chi connectivity index (χ0) is 14.1. The maximum absolute atomic E-state index is 13.0. The van der Waals surface area contributed by atoms with Crippen molar-refractivity contribution in [3.8, 4) is 0 Å². The van der Waals surface area contributed by atoms with Gasteiger partial charge in [-0.3, -0.25) is 9.69 Å². The fraction of sp³-hybridized carbons (Fsp3) is 0.500. The highest BCUT2D eigenvalue weighted by atomic mass is 19.1. The van der Waals surface area contributed by atoms with E-state index in [1.807, 2.05) is 0 Å². The van der Waals surface area contributed by atoms with E-state index in [1.54, 1.807) is 0 Å². The van der Waals surface area contributed by atoms with Crippen LogP contribution < -0.4 is 10.6 Å². The minimum absolute atomic E-state index is 0.161. The number of fused-ring (bicyclic) bond motifs is 1. The SMILES string of the molecule is O=C(CN1CC2CNCC2C1)Nc1cc(F)cc(F)c1. The summed E-state index contributed by atoms with van der Waals surface area (Å²) in [5, 5.41) is 5.88. The van der Waals surface area contributed by atoms with Gasteiger partial charge < -0.3 is 10.6 Å². The lowest BCUT2D eigenvalue weighted by Gasteiger charge is -2.16. The number of halogens is 2. The van der Waals surface area contributed by atoms with E-state index in [0.29, 0.717) is 11.8 Å². The van der Waals surface area contributed by atoms with Crippen LogP contribution in [0.15, 0.2) is 18.2 Å². The summed E-state index contributed by atoms with van der Waals surface area (Å²) >= 11 is 0. The average Bonchev–Trinajstić information content (AvgIpc) is 2.87. The topological polar surface area (TPSA) is 44.4 Å². The Bertz CT molecular complexity index is 491. The van der Waals surface area contributed by atoms with E-state index in [9.17, 15) is 13.6 Å². The number of carbonyl (C=O) groups is 1. The van der Waals surface area contributed by atoms with Gasteiger partial charge in [-0.05, 0) is 37.1 Å². The fourth-order valence-electron chi connectivity index (χ4n) is 3.11. The Morgan fingerprint density at radius 2 is 1.80 bits per heavy atom. The molecule has 0 spiro atoms. The van der Waals surface area contributed by atoms with Gasteiger partial charge in [0.15, 0.2) is 0 Å². The van der Waals surface area contributed by atoms with Crippen LogP contribution in [0.1, 0.15) is 0 Å². The van der Waals surface area contributed by atoms with Crippen molar-refractivity contribution < 1.29 is 13.6 Å². The van der Waals surface area contributed by atoms with Gasteiger partial charge in [0.25, 0.3) is 0 Å². The Morgan fingerprint density at radius 1 is 1.20 bits per heavy atom. The molecule has 1 aromatic rings. The normalized spacial score (nSPS) is 25.7. The molecule has 2 fully saturated rings. The number of nitrogens with one attached hydrogen (secondary N) is 2. The van der Waals surface area contributed by atoms with E-state index in [1.165, 1.54) is 0 Å². The summed E-state index contributed by atoms with van der Waals surface area (Å²) < 4.78 is 26.1. The number of benzene rings is 1. The van der Waals surface area contributed by atoms with Crippen LogP contribution in [0.2, 0.25) is 0 Å². The predicted molar refractivity (Wildman–Crippen MR) is 71.3 cm³/mol. The Balaban J connectivity index is 1.55. The quantitative estimate of drug-likeness (QED) is 0.870. The molecule has 4 nitrogen and oxygen atoms in total. The fourth-order valence-corrected chi connectivity index (χ4v) is 3.11. The van der Waals surface area contributed by atoms with Crippen molar-refractivity contribution in [3.05, 3.63) is 29.8 Å². The van der Waals surface area contributed by atoms with Gasteiger partial charge in [0.05, 0.1) is 6.54 Å². The number of nitrogens with zero attached hydrogens (tertiary/aromatic N) is 1. The largest absolute Gasteiger partial charge is 0.325 e. The molecule has 2 aliphatic heterocycles. The van der Waals surface area contributed by atoms with Crippen molar-refractivity contribution in [1.29, 1.82) is 0 Å². The summed E-state index contributed by atoms with van der Waals surface area (Å²) in [4.78, 5) is 14.0. The summed E-state index contributed by atoms with van der Waals surface area (Å²) in [6.07, 6.45) is 0. The number of carbonyl (C=O) groups excluding carboxylic acids is 1. The molecule has 1 amide bonds. The summed E-state index contributed by atoms with van der Waals surface area (Å²) in [7, 11) is 0. The van der Waals surface area contributed by atoms with E-state index >= 15 is 0 Å². The molecule has 0 radical (unpaired) electrons. The third-order valence-electron chi connectivity index (χ3n) is 3.98. The number of hydrogen-bond acceptors (Lipinski definition) is 3. The van der Waals surface area contributed by atoms with Gasteiger partial charge >= 0.3 is 0 Å². The number of anilines is 1. The third kappa shape index (κ3) is 2.96. The van der Waals surface area contributed by atoms with E-state index in [4.69, 9.17) is 0 Å². The number of likely N-dealkylation sites (tertiary alicyclic amines) is 1. The Hall–Kier alpha value is -1.53. The van der Waals surface area contributed by atoms with Gasteiger partial charge in [-0.25, -0.2) is 8.78 Å². The number of rotatable bonds is 3. The molecule has 0 aromatic heterocycles. The molecule has 2 unspecified atom stereocenters. The second-order valence-electron chi connectivity index (χ2n) is 5.58. The van der Waals surface area contributed by atoms with Gasteiger partial charge in [0.2, 0.25) is 5.91 Å². The van der Waals surface area contributed by atoms with Crippen molar-refractivity contribution in [2.75, 3.05) is 38.0 Å². The van der Waals surface area contributed by atoms with E-state index in [2.05, 4.69) is 15.5 Å². The molecule has 20 heavy (non-hydrogen) atoms. The summed E-state index contributed by atoms with van der Waals surface area (Å²) in [6.45, 7) is 4.10. The van der Waals surface area contributed by atoms with Crippen LogP contribution in [0.5, 0.6) is 0 Å². The molecule has 2 atom stereocenters. The van der Waals surface area contributed by atoms with Gasteiger partial charge in [-0.15, -0.1) is 0 Å². The third-order valence-corrected chi connectivity index (χ3v) is 3.98. The lowest BCUT2D eigenvalue weighted by Crippen LogP contribution is -2.33. The van der Waals surface area contributed by atoms with Crippen LogP contribution in [0.4, 0.5) is 14.5 Å². The highest BCUT2D eigenvalue weighted by Crippen LogP contribution is 2.25. The molecule has 0 bridgehead atoms. The first-order valence-electron chi connectivity index (χ1n) is 6.79. The van der Waals surface area contributed by atoms with Crippen LogP contribution in [0.25, 0.3) is 0 Å². The summed E-state index contributed by atoms with van der Waals surface area (Å²) in [5.74, 6) is -0.379. The Morgan fingerprint density at radius 3 is 2.40 bits per heavy atom. The van der Waals surface area contributed by atoms with E-state index in [0.717, 1.165) is 44.4 Å². The first-order chi connectivity index (χ1) is 9.60. The van der Waals surface area contributed by atoms with E-state index < -0.39 is 11.6 Å². The van der Waals surface area contributed by atoms with Crippen LogP contribution in [-0.4, -0.2) is 43.5 Å². The molecule has 2 heterocycles. The van der Waals surface area contributed by atoms with Crippen molar-refractivity contribution in [2.24, 2.45) is 11.8 Å². The zero-order valence-corrected chi connectivity index (χ0v) is 11.0. The zero-order valence-electron chi connectivity index (χ0n) is 11.0. The smallest absolute Gasteiger partial charge is 0.238 e. The standard InChI is InChI=1S/C14H17F2N3O/c15-11-1-12(16)3-13(2-11)18-14(20)8-19-6-9-4-17-5-10(9)7-19/h1-3,9-10,17H,4-8H2,(H,18,20). The van der Waals surface area contributed by atoms with Gasteiger partial charge in [0, 0.05) is 24.8 Å². The lowest BCUT2D eigenvalue weighted by atomic mass is 10.0. The van der Waals surface area contributed by atoms with Crippen LogP contribution >= 0.6 is 0 Å². The lowest BCUT2D eigenvalue weighted by molar-refractivity contribution is -0.117. The van der Waals surface area contributed by atoms with Crippen LogP contribution in [0.3, 0.4) is 0 Å². The molecule has 108 valence electrons. The predicted octanol–water partition coefficient (Wildman–Crippen LogP) is 1.05. The number of hydrogen-bond donors (Lipinski definition) is 2. The van der Waals surface area contributed by atoms with Crippen molar-refractivity contribution in [3.63, 3.8) is 0 Å². The van der Waals surface area contributed by atoms with Crippen LogP contribution in [-0.2, 0) is 4.79 Å². The second kappa shape index (κ2) is 5.46. The molecular formula is C14H17F2N3O. The van der Waals surface area contributed by atoms with Gasteiger partial charge in [-0.1, -0.05) is 0 Å². The van der Waals surface area contributed by atoms with Crippen molar-refractivity contribution in [2.45, 2.75) is 0 Å². The Kier molecular flexibility index (Phi) is 3.67. The maximum atomic E-state index is 13.0. The summed E-state index contributed by atoms with van der Waals surface area (Å²) in [6, 6.07) is 3.01. The molecular weight excluding hydrogens is 264 g/mol. The molecule has 2 saturated heterocycles. The molecule has 1 aromatic carbocycles. The monoisotopic (exact) mass is 281 g/mol. The van der Waals surface area contributed by atoms with Crippen molar-refractivity contribution >= 4 is 11.6 Å². The van der Waals surface area contributed by atoms with Gasteiger partial charge in [0.1, 0.15) is 11.6 Å².